The predicted octanol–water partition coefficient (Wildman–Crippen LogP) is 2.29. The number of H-pyrrole nitrogens is 1. The molecule has 0 spiro atoms. The number of benzene rings is 2. The maximum Gasteiger partial charge on any atom is 0.255 e. The topological polar surface area (TPSA) is 104 Å². The SMILES string of the molecule is COc1ccc(CN2CCc3nc(-c4ccc(N)cc4)[nH]c(=O)c3C2)cc1O. The first-order valence-corrected chi connectivity index (χ1v) is 9.09. The number of nitrogens with two attached hydrogens (primary N) is 1. The average Bonchev–Trinajstić information content (AvgIpc) is 2.69. The summed E-state index contributed by atoms with van der Waals surface area (Å²) in [5, 5.41) is 9.96. The molecular weight excluding hydrogens is 356 g/mol. The van der Waals surface area contributed by atoms with E-state index in [9.17, 15) is 9.90 Å². The monoisotopic (exact) mass is 378 g/mol. The minimum Gasteiger partial charge on any atom is -0.504 e. The van der Waals surface area contributed by atoms with Crippen LogP contribution in [0.1, 0.15) is 16.8 Å². The minimum absolute atomic E-state index is 0.112. The largest absolute Gasteiger partial charge is 0.504 e. The van der Waals surface area contributed by atoms with Crippen LogP contribution in [0.5, 0.6) is 11.5 Å². The number of fused-ring (bicyclic) bond motifs is 1. The summed E-state index contributed by atoms with van der Waals surface area (Å²) in [5.74, 6) is 1.13. The minimum atomic E-state index is -0.112. The van der Waals surface area contributed by atoms with Crippen molar-refractivity contribution >= 4 is 5.69 Å². The van der Waals surface area contributed by atoms with E-state index in [1.54, 1.807) is 24.3 Å². The Morgan fingerprint density at radius 1 is 1.25 bits per heavy atom. The molecule has 7 heteroatoms. The number of ether oxygens (including phenoxy) is 1. The summed E-state index contributed by atoms with van der Waals surface area (Å²) in [7, 11) is 1.52. The highest BCUT2D eigenvalue weighted by Gasteiger charge is 2.22. The van der Waals surface area contributed by atoms with Crippen molar-refractivity contribution in [3.63, 3.8) is 0 Å². The molecule has 4 rings (SSSR count). The number of hydrogen-bond donors (Lipinski definition) is 3. The van der Waals surface area contributed by atoms with E-state index in [0.29, 0.717) is 42.3 Å². The molecule has 1 aromatic heterocycles. The number of phenols is 1. The number of aromatic nitrogens is 2. The van der Waals surface area contributed by atoms with Crippen LogP contribution in [-0.2, 0) is 19.5 Å². The van der Waals surface area contributed by atoms with Crippen LogP contribution in [0.25, 0.3) is 11.4 Å². The number of rotatable bonds is 4. The number of anilines is 1. The third-order valence-electron chi connectivity index (χ3n) is 4.98. The van der Waals surface area contributed by atoms with E-state index in [1.165, 1.54) is 7.11 Å². The number of hydrogen-bond acceptors (Lipinski definition) is 6. The van der Waals surface area contributed by atoms with Gasteiger partial charge in [-0.15, -0.1) is 0 Å². The Kier molecular flexibility index (Phi) is 4.75. The number of nitrogens with one attached hydrogen (secondary N) is 1. The lowest BCUT2D eigenvalue weighted by Crippen LogP contribution is -2.35. The molecule has 0 unspecified atom stereocenters. The van der Waals surface area contributed by atoms with E-state index in [-0.39, 0.29) is 11.3 Å². The lowest BCUT2D eigenvalue weighted by molar-refractivity contribution is 0.241. The molecule has 28 heavy (non-hydrogen) atoms. The first kappa shape index (κ1) is 18.1. The lowest BCUT2D eigenvalue weighted by atomic mass is 10.1. The Morgan fingerprint density at radius 2 is 2.04 bits per heavy atom. The highest BCUT2D eigenvalue weighted by atomic mass is 16.5. The highest BCUT2D eigenvalue weighted by molar-refractivity contribution is 5.58. The van der Waals surface area contributed by atoms with Gasteiger partial charge in [0.1, 0.15) is 5.82 Å². The van der Waals surface area contributed by atoms with E-state index >= 15 is 0 Å². The molecule has 0 radical (unpaired) electrons. The van der Waals surface area contributed by atoms with Crippen molar-refractivity contribution in [1.29, 1.82) is 0 Å². The van der Waals surface area contributed by atoms with E-state index in [2.05, 4.69) is 14.9 Å². The maximum absolute atomic E-state index is 12.7. The van der Waals surface area contributed by atoms with E-state index in [1.807, 2.05) is 18.2 Å². The molecule has 0 saturated carbocycles. The molecule has 1 aliphatic rings. The van der Waals surface area contributed by atoms with Crippen LogP contribution < -0.4 is 16.0 Å². The summed E-state index contributed by atoms with van der Waals surface area (Å²) >= 11 is 0. The van der Waals surface area contributed by atoms with Crippen molar-refractivity contribution in [2.45, 2.75) is 19.5 Å². The van der Waals surface area contributed by atoms with Gasteiger partial charge in [0, 0.05) is 37.3 Å². The van der Waals surface area contributed by atoms with Gasteiger partial charge in [0.05, 0.1) is 18.4 Å². The first-order chi connectivity index (χ1) is 13.5. The zero-order valence-corrected chi connectivity index (χ0v) is 15.6. The third-order valence-corrected chi connectivity index (χ3v) is 4.98. The number of methoxy groups -OCH3 is 1. The summed E-state index contributed by atoms with van der Waals surface area (Å²) < 4.78 is 5.08. The van der Waals surface area contributed by atoms with Crippen molar-refractivity contribution in [2.24, 2.45) is 0 Å². The second-order valence-electron chi connectivity index (χ2n) is 6.93. The quantitative estimate of drug-likeness (QED) is 0.602. The summed E-state index contributed by atoms with van der Waals surface area (Å²) in [6.45, 7) is 1.94. The van der Waals surface area contributed by atoms with E-state index in [4.69, 9.17) is 10.5 Å². The van der Waals surface area contributed by atoms with Gasteiger partial charge in [-0.05, 0) is 42.0 Å². The molecule has 0 fully saturated rings. The standard InChI is InChI=1S/C21H22N4O3/c1-28-19-7-2-13(10-18(19)26)11-25-9-8-17-16(12-25)21(27)24-20(23-17)14-3-5-15(22)6-4-14/h2-7,10,26H,8-9,11-12,22H2,1H3,(H,23,24,27). The smallest absolute Gasteiger partial charge is 0.255 e. The van der Waals surface area contributed by atoms with Gasteiger partial charge in [-0.2, -0.15) is 0 Å². The van der Waals surface area contributed by atoms with Gasteiger partial charge in [-0.3, -0.25) is 9.69 Å². The Morgan fingerprint density at radius 3 is 2.75 bits per heavy atom. The number of aromatic amines is 1. The molecule has 0 aliphatic carbocycles. The Balaban J connectivity index is 1.55. The molecule has 7 nitrogen and oxygen atoms in total. The van der Waals surface area contributed by atoms with Crippen molar-refractivity contribution in [3.05, 3.63) is 69.6 Å². The molecule has 0 bridgehead atoms. The van der Waals surface area contributed by atoms with Crippen LogP contribution in [0.4, 0.5) is 5.69 Å². The average molecular weight is 378 g/mol. The highest BCUT2D eigenvalue weighted by Crippen LogP contribution is 2.27. The molecule has 4 N–H and O–H groups in total. The van der Waals surface area contributed by atoms with Crippen molar-refractivity contribution in [3.8, 4) is 22.9 Å². The number of nitrogen functional groups attached to an aromatic ring is 1. The fourth-order valence-corrected chi connectivity index (χ4v) is 3.49. The molecule has 2 heterocycles. The molecule has 0 amide bonds. The summed E-state index contributed by atoms with van der Waals surface area (Å²) in [5.41, 5.74) is 9.62. The molecule has 0 saturated heterocycles. The van der Waals surface area contributed by atoms with E-state index in [0.717, 1.165) is 23.4 Å². The van der Waals surface area contributed by atoms with Crippen molar-refractivity contribution in [1.82, 2.24) is 14.9 Å². The van der Waals surface area contributed by atoms with Crippen LogP contribution >= 0.6 is 0 Å². The fraction of sp³-hybridized carbons (Fsp3) is 0.238. The van der Waals surface area contributed by atoms with Gasteiger partial charge < -0.3 is 20.6 Å². The zero-order chi connectivity index (χ0) is 19.7. The lowest BCUT2D eigenvalue weighted by Gasteiger charge is -2.27. The van der Waals surface area contributed by atoms with Gasteiger partial charge in [-0.1, -0.05) is 6.07 Å². The first-order valence-electron chi connectivity index (χ1n) is 9.09. The second kappa shape index (κ2) is 7.36. The van der Waals surface area contributed by atoms with E-state index < -0.39 is 0 Å². The molecule has 144 valence electrons. The van der Waals surface area contributed by atoms with Gasteiger partial charge >= 0.3 is 0 Å². The van der Waals surface area contributed by atoms with Gasteiger partial charge in [0.25, 0.3) is 5.56 Å². The van der Waals surface area contributed by atoms with Crippen LogP contribution in [0, 0.1) is 0 Å². The maximum atomic E-state index is 12.7. The van der Waals surface area contributed by atoms with Crippen LogP contribution in [-0.4, -0.2) is 33.6 Å². The number of nitrogens with zero attached hydrogens (tertiary/aromatic N) is 2. The molecule has 3 aromatic rings. The Bertz CT molecular complexity index is 1060. The van der Waals surface area contributed by atoms with Gasteiger partial charge in [0.2, 0.25) is 0 Å². The summed E-state index contributed by atoms with van der Waals surface area (Å²) in [4.78, 5) is 22.4. The Labute approximate surface area is 162 Å². The zero-order valence-electron chi connectivity index (χ0n) is 15.6. The molecule has 0 atom stereocenters. The number of phenolic OH excluding ortho intramolecular Hbond substituents is 1. The van der Waals surface area contributed by atoms with Crippen LogP contribution in [0.2, 0.25) is 0 Å². The Hall–Kier alpha value is -3.32. The van der Waals surface area contributed by atoms with Gasteiger partial charge in [-0.25, -0.2) is 4.98 Å². The predicted molar refractivity (Wildman–Crippen MR) is 107 cm³/mol. The molecular formula is C21H22N4O3. The van der Waals surface area contributed by atoms with Crippen molar-refractivity contribution < 1.29 is 9.84 Å². The van der Waals surface area contributed by atoms with Crippen molar-refractivity contribution in [2.75, 3.05) is 19.4 Å². The van der Waals surface area contributed by atoms with Crippen LogP contribution in [0.15, 0.2) is 47.3 Å². The summed E-state index contributed by atoms with van der Waals surface area (Å²) in [6.07, 6.45) is 0.698. The normalized spacial score (nSPS) is 13.9. The van der Waals surface area contributed by atoms with Gasteiger partial charge in [0.15, 0.2) is 11.5 Å². The third kappa shape index (κ3) is 3.57. The second-order valence-corrected chi connectivity index (χ2v) is 6.93. The molecule has 1 aliphatic heterocycles. The fourth-order valence-electron chi connectivity index (χ4n) is 3.49. The summed E-state index contributed by atoms with van der Waals surface area (Å²) in [6, 6.07) is 12.6. The number of aromatic hydroxyl groups is 1. The van der Waals surface area contributed by atoms with Crippen LogP contribution in [0.3, 0.4) is 0 Å². The molecule has 2 aromatic carbocycles.